The zero-order valence-electron chi connectivity index (χ0n) is 27.9. The lowest BCUT2D eigenvalue weighted by Crippen LogP contribution is -2.64. The van der Waals surface area contributed by atoms with E-state index in [1.54, 1.807) is 11.8 Å². The number of halogens is 1. The minimum Gasteiger partial charge on any atom is -0.388 e. The van der Waals surface area contributed by atoms with Crippen LogP contribution in [0, 0.1) is 11.8 Å². The van der Waals surface area contributed by atoms with Crippen LogP contribution < -0.4 is 10.6 Å². The summed E-state index contributed by atoms with van der Waals surface area (Å²) in [7, 11) is 2.31. The van der Waals surface area contributed by atoms with Crippen LogP contribution in [0.5, 0.6) is 0 Å². The number of nitrogens with one attached hydrogen (secondary N) is 2. The maximum absolute atomic E-state index is 12.6. The summed E-state index contributed by atoms with van der Waals surface area (Å²) >= 11 is 1.61. The van der Waals surface area contributed by atoms with Crippen LogP contribution >= 0.6 is 11.8 Å². The van der Waals surface area contributed by atoms with Crippen molar-refractivity contribution >= 4 is 24.0 Å². The number of aliphatic hydroxyl groups excluding tert-OH is 3. The van der Waals surface area contributed by atoms with Gasteiger partial charge in [0.15, 0.2) is 0 Å². The first-order valence-electron chi connectivity index (χ1n) is 16.8. The van der Waals surface area contributed by atoms with E-state index in [4.69, 9.17) is 9.47 Å². The number of benzene rings is 1. The van der Waals surface area contributed by atoms with Crippen molar-refractivity contribution in [2.45, 2.75) is 112 Å². The average Bonchev–Trinajstić information content (AvgIpc) is 3.95. The van der Waals surface area contributed by atoms with Crippen molar-refractivity contribution in [1.29, 1.82) is 0 Å². The first-order chi connectivity index (χ1) is 22.3. The van der Waals surface area contributed by atoms with E-state index >= 15 is 0 Å². The molecule has 0 radical (unpaired) electrons. The fourth-order valence-corrected chi connectivity index (χ4v) is 7.73. The van der Waals surface area contributed by atoms with E-state index in [2.05, 4.69) is 17.6 Å². The SMILES string of the molecule is CCCC1CCNC(C=O)CC1.CF.CNC(C(C)Sc1ccc(C(=O)N2CCOCC2)cc1)C1OC(C2CC2)C(O)C(O)C1O. The minimum absolute atomic E-state index is 0.00254. The molecule has 9 unspecified atom stereocenters. The van der Waals surface area contributed by atoms with Crippen molar-refractivity contribution in [3.05, 3.63) is 29.8 Å². The van der Waals surface area contributed by atoms with Crippen LogP contribution in [0.4, 0.5) is 4.39 Å². The van der Waals surface area contributed by atoms with Crippen LogP contribution in [0.15, 0.2) is 29.2 Å². The Labute approximate surface area is 278 Å². The zero-order chi connectivity index (χ0) is 33.6. The van der Waals surface area contributed by atoms with Gasteiger partial charge in [-0.05, 0) is 81.8 Å². The summed E-state index contributed by atoms with van der Waals surface area (Å²) in [6.45, 7) is 7.67. The molecule has 46 heavy (non-hydrogen) atoms. The smallest absolute Gasteiger partial charge is 0.254 e. The highest BCUT2D eigenvalue weighted by atomic mass is 32.2. The Kier molecular flexibility index (Phi) is 16.9. The van der Waals surface area contributed by atoms with Crippen molar-refractivity contribution in [3.63, 3.8) is 0 Å². The number of nitrogens with zero attached hydrogens (tertiary/aromatic N) is 1. The molecule has 10 nitrogen and oxygen atoms in total. The number of hydrogen-bond donors (Lipinski definition) is 5. The summed E-state index contributed by atoms with van der Waals surface area (Å²) in [5, 5.41) is 37.9. The van der Waals surface area contributed by atoms with Gasteiger partial charge in [0.25, 0.3) is 5.91 Å². The topological polar surface area (TPSA) is 141 Å². The van der Waals surface area contributed by atoms with E-state index in [1.807, 2.05) is 43.1 Å². The molecule has 5 N–H and O–H groups in total. The van der Waals surface area contributed by atoms with Crippen LogP contribution in [0.3, 0.4) is 0 Å². The zero-order valence-corrected chi connectivity index (χ0v) is 28.7. The first kappa shape index (κ1) is 38.8. The van der Waals surface area contributed by atoms with Crippen LogP contribution in [0.25, 0.3) is 0 Å². The summed E-state index contributed by atoms with van der Waals surface area (Å²) in [6, 6.07) is 7.45. The standard InChI is InChI=1S/C23H34N2O6S.C10H19NO.CH3F/c1-13(17(24-2)22-20(28)18(26)19(27)21(31-22)14-3-4-14)32-16-7-5-15(6-8-16)23(29)25-9-11-30-12-10-25;1-2-3-9-4-5-10(8-12)11-7-6-9;1-2/h5-8,13-14,17-22,24,26-28H,3-4,9-12H2,1-2H3;8-11H,2-7H2,1H3;1H3. The van der Waals surface area contributed by atoms with E-state index in [-0.39, 0.29) is 29.2 Å². The number of rotatable bonds is 10. The lowest BCUT2D eigenvalue weighted by Gasteiger charge is -2.45. The molecular weight excluding hydrogens is 613 g/mol. The van der Waals surface area contributed by atoms with Gasteiger partial charge in [-0.15, -0.1) is 11.8 Å². The molecule has 1 aromatic rings. The van der Waals surface area contributed by atoms with E-state index in [9.17, 15) is 29.3 Å². The molecule has 1 amide bonds. The fourth-order valence-electron chi connectivity index (χ4n) is 6.57. The van der Waals surface area contributed by atoms with E-state index in [0.717, 1.165) is 42.9 Å². The second kappa shape index (κ2) is 20.0. The molecule has 9 atom stereocenters. The monoisotopic (exact) mass is 669 g/mol. The van der Waals surface area contributed by atoms with Crippen LogP contribution in [-0.4, -0.2) is 127 Å². The molecule has 12 heteroatoms. The maximum atomic E-state index is 12.6. The van der Waals surface area contributed by atoms with Gasteiger partial charge in [0.1, 0.15) is 30.7 Å². The minimum atomic E-state index is -1.22. The third-order valence-corrected chi connectivity index (χ3v) is 10.6. The quantitative estimate of drug-likeness (QED) is 0.187. The number of aliphatic hydroxyl groups is 3. The van der Waals surface area contributed by atoms with Crippen molar-refractivity contribution in [2.75, 3.05) is 47.1 Å². The summed E-state index contributed by atoms with van der Waals surface area (Å²) < 4.78 is 21.0. The predicted molar refractivity (Wildman–Crippen MR) is 178 cm³/mol. The first-order valence-corrected chi connectivity index (χ1v) is 17.7. The van der Waals surface area contributed by atoms with Gasteiger partial charge in [0, 0.05) is 34.8 Å². The summed E-state index contributed by atoms with van der Waals surface area (Å²) in [5.74, 6) is 1.11. The second-order valence-electron chi connectivity index (χ2n) is 12.7. The molecule has 4 aliphatic rings. The number of carbonyl (C=O) groups excluding carboxylic acids is 2. The number of amides is 1. The molecule has 1 aromatic carbocycles. The predicted octanol–water partition coefficient (Wildman–Crippen LogP) is 2.82. The third kappa shape index (κ3) is 10.9. The third-order valence-electron chi connectivity index (χ3n) is 9.39. The van der Waals surface area contributed by atoms with Crippen molar-refractivity contribution < 1.29 is 38.8 Å². The summed E-state index contributed by atoms with van der Waals surface area (Å²) in [5.41, 5.74) is 0.657. The number of morpholine rings is 1. The Hall–Kier alpha value is -1.64. The molecule has 0 aromatic heterocycles. The van der Waals surface area contributed by atoms with Gasteiger partial charge in [0.2, 0.25) is 0 Å². The summed E-state index contributed by atoms with van der Waals surface area (Å²) in [6.07, 6.45) is 4.57. The van der Waals surface area contributed by atoms with Crippen LogP contribution in [0.1, 0.15) is 69.2 Å². The molecule has 262 valence electrons. The molecule has 0 bridgehead atoms. The molecule has 3 aliphatic heterocycles. The Bertz CT molecular complexity index is 1030. The van der Waals surface area contributed by atoms with Gasteiger partial charge in [-0.2, -0.15) is 0 Å². The molecule has 0 spiro atoms. The number of ether oxygens (including phenoxy) is 2. The maximum Gasteiger partial charge on any atom is 0.254 e. The molecule has 1 aliphatic carbocycles. The largest absolute Gasteiger partial charge is 0.388 e. The lowest BCUT2D eigenvalue weighted by molar-refractivity contribution is -0.233. The Morgan fingerprint density at radius 1 is 1.07 bits per heavy atom. The van der Waals surface area contributed by atoms with Gasteiger partial charge >= 0.3 is 0 Å². The van der Waals surface area contributed by atoms with E-state index in [1.165, 1.54) is 25.7 Å². The number of alkyl halides is 1. The van der Waals surface area contributed by atoms with Gasteiger partial charge in [-0.1, -0.05) is 26.7 Å². The number of carbonyl (C=O) groups is 2. The highest BCUT2D eigenvalue weighted by Crippen LogP contribution is 2.41. The summed E-state index contributed by atoms with van der Waals surface area (Å²) in [4.78, 5) is 26.0. The van der Waals surface area contributed by atoms with E-state index < -0.39 is 30.5 Å². The average molecular weight is 670 g/mol. The van der Waals surface area contributed by atoms with Crippen molar-refractivity contribution in [2.24, 2.45) is 11.8 Å². The fraction of sp³-hybridized carbons (Fsp3) is 0.765. The van der Waals surface area contributed by atoms with Crippen molar-refractivity contribution in [3.8, 4) is 0 Å². The van der Waals surface area contributed by atoms with Crippen molar-refractivity contribution in [1.82, 2.24) is 15.5 Å². The van der Waals surface area contributed by atoms with Gasteiger partial charge in [-0.25, -0.2) is 0 Å². The van der Waals surface area contributed by atoms with Gasteiger partial charge < -0.3 is 45.1 Å². The Morgan fingerprint density at radius 2 is 1.74 bits per heavy atom. The highest BCUT2D eigenvalue weighted by Gasteiger charge is 2.51. The molecule has 1 saturated carbocycles. The number of likely N-dealkylation sites (N-methyl/N-ethyl adjacent to an activating group) is 1. The Morgan fingerprint density at radius 3 is 2.33 bits per heavy atom. The van der Waals surface area contributed by atoms with Crippen LogP contribution in [0.2, 0.25) is 0 Å². The highest BCUT2D eigenvalue weighted by molar-refractivity contribution is 8.00. The molecule has 5 rings (SSSR count). The number of aldehydes is 1. The number of hydrogen-bond acceptors (Lipinski definition) is 10. The van der Waals surface area contributed by atoms with Gasteiger partial charge in [-0.3, -0.25) is 9.18 Å². The molecular formula is C34H56FN3O7S. The second-order valence-corrected chi connectivity index (χ2v) is 14.1. The lowest BCUT2D eigenvalue weighted by atomic mass is 9.88. The molecule has 3 heterocycles. The normalized spacial score (nSPS) is 31.2. The van der Waals surface area contributed by atoms with E-state index in [0.29, 0.717) is 39.0 Å². The number of thioether (sulfide) groups is 1. The molecule has 4 fully saturated rings. The Balaban J connectivity index is 0.000000345. The van der Waals surface area contributed by atoms with Crippen LogP contribution in [-0.2, 0) is 14.3 Å². The molecule has 3 saturated heterocycles. The van der Waals surface area contributed by atoms with Gasteiger partial charge in [0.05, 0.1) is 32.5 Å².